The van der Waals surface area contributed by atoms with Crippen LogP contribution in [0.3, 0.4) is 0 Å². The summed E-state index contributed by atoms with van der Waals surface area (Å²) >= 11 is 0. The molecule has 0 N–H and O–H groups in total. The summed E-state index contributed by atoms with van der Waals surface area (Å²) in [6.07, 6.45) is 5.44. The topological polar surface area (TPSA) is 39.4 Å². The summed E-state index contributed by atoms with van der Waals surface area (Å²) in [5.41, 5.74) is 6.05. The van der Waals surface area contributed by atoms with Gasteiger partial charge in [0.05, 0.1) is 11.2 Å². The molecule has 2 aromatic carbocycles. The molecule has 0 saturated carbocycles. The lowest BCUT2D eigenvalue weighted by molar-refractivity contribution is 0.242. The van der Waals surface area contributed by atoms with Gasteiger partial charge in [0, 0.05) is 49.4 Å². The standard InChI is InChI=1S/C27H27N3O2.ClH/c1-28-23-12-14-29-13-5-8-24(29)27(23)22-10-9-20(16-25(22)28)30-15-11-21(17-26(30)31)32-18-19-6-3-2-4-7-19;/h2-4,6-7,9-11,15-17,24H,5,8,12-14,18H2,1H3;1H. The normalized spacial score (nSPS) is 17.4. The van der Waals surface area contributed by atoms with Crippen LogP contribution in [0.25, 0.3) is 16.6 Å². The van der Waals surface area contributed by atoms with E-state index >= 15 is 0 Å². The van der Waals surface area contributed by atoms with Gasteiger partial charge in [-0.05, 0) is 48.7 Å². The number of aromatic nitrogens is 2. The van der Waals surface area contributed by atoms with Gasteiger partial charge >= 0.3 is 0 Å². The van der Waals surface area contributed by atoms with Crippen LogP contribution in [0.4, 0.5) is 0 Å². The first-order valence-electron chi connectivity index (χ1n) is 11.4. The van der Waals surface area contributed by atoms with Gasteiger partial charge in [0.1, 0.15) is 12.4 Å². The van der Waals surface area contributed by atoms with E-state index in [0.717, 1.165) is 24.2 Å². The molecule has 0 bridgehead atoms. The minimum Gasteiger partial charge on any atom is -0.489 e. The number of rotatable bonds is 4. The Morgan fingerprint density at radius 2 is 1.88 bits per heavy atom. The van der Waals surface area contributed by atoms with Crippen LogP contribution in [0.5, 0.6) is 5.75 Å². The number of hydrogen-bond donors (Lipinski definition) is 0. The van der Waals surface area contributed by atoms with Gasteiger partial charge < -0.3 is 9.30 Å². The van der Waals surface area contributed by atoms with E-state index in [4.69, 9.17) is 4.74 Å². The van der Waals surface area contributed by atoms with Crippen molar-refractivity contribution in [2.45, 2.75) is 31.9 Å². The smallest absolute Gasteiger partial charge is 0.258 e. The van der Waals surface area contributed by atoms with Crippen molar-refractivity contribution in [2.75, 3.05) is 13.1 Å². The maximum Gasteiger partial charge on any atom is 0.258 e. The summed E-state index contributed by atoms with van der Waals surface area (Å²) in [6, 6.07) is 20.4. The molecule has 2 aliphatic rings. The van der Waals surface area contributed by atoms with E-state index in [2.05, 4.69) is 34.7 Å². The van der Waals surface area contributed by atoms with Crippen molar-refractivity contribution < 1.29 is 4.74 Å². The van der Waals surface area contributed by atoms with Crippen LogP contribution >= 0.6 is 12.4 Å². The number of fused-ring (bicyclic) bond motifs is 5. The fourth-order valence-electron chi connectivity index (χ4n) is 5.51. The lowest BCUT2D eigenvalue weighted by Gasteiger charge is -2.30. The second-order valence-electron chi connectivity index (χ2n) is 8.91. The van der Waals surface area contributed by atoms with Gasteiger partial charge in [-0.15, -0.1) is 12.4 Å². The second kappa shape index (κ2) is 8.73. The summed E-state index contributed by atoms with van der Waals surface area (Å²) in [6.45, 7) is 2.81. The Bertz CT molecular complexity index is 1360. The summed E-state index contributed by atoms with van der Waals surface area (Å²) in [5, 5.41) is 1.33. The molecular weight excluding hydrogens is 434 g/mol. The fraction of sp³-hybridized carbons (Fsp3) is 0.296. The largest absolute Gasteiger partial charge is 0.489 e. The zero-order valence-electron chi connectivity index (χ0n) is 18.7. The number of hydrogen-bond acceptors (Lipinski definition) is 3. The molecule has 0 radical (unpaired) electrons. The van der Waals surface area contributed by atoms with Crippen LogP contribution in [0.1, 0.15) is 35.7 Å². The van der Waals surface area contributed by atoms with Gasteiger partial charge in [-0.3, -0.25) is 14.3 Å². The molecule has 2 aliphatic heterocycles. The van der Waals surface area contributed by atoms with Crippen LogP contribution in [-0.4, -0.2) is 27.1 Å². The molecule has 1 unspecified atom stereocenters. The third kappa shape index (κ3) is 3.75. The molecular formula is C27H28ClN3O2. The Morgan fingerprint density at radius 1 is 1.03 bits per heavy atom. The van der Waals surface area contributed by atoms with E-state index in [1.807, 2.05) is 42.6 Å². The van der Waals surface area contributed by atoms with Crippen molar-refractivity contribution in [3.8, 4) is 11.4 Å². The number of ether oxygens (including phenoxy) is 1. The molecule has 6 rings (SSSR count). The lowest BCUT2D eigenvalue weighted by atomic mass is 9.96. The van der Waals surface area contributed by atoms with Crippen molar-refractivity contribution in [1.29, 1.82) is 0 Å². The van der Waals surface area contributed by atoms with E-state index < -0.39 is 0 Å². The molecule has 1 fully saturated rings. The Morgan fingerprint density at radius 3 is 2.70 bits per heavy atom. The summed E-state index contributed by atoms with van der Waals surface area (Å²) in [4.78, 5) is 15.5. The van der Waals surface area contributed by atoms with Crippen LogP contribution in [0, 0.1) is 0 Å². The van der Waals surface area contributed by atoms with Crippen molar-refractivity contribution >= 4 is 23.3 Å². The Balaban J connectivity index is 0.00000228. The maximum absolute atomic E-state index is 12.9. The molecule has 33 heavy (non-hydrogen) atoms. The van der Waals surface area contributed by atoms with Crippen molar-refractivity contribution in [2.24, 2.45) is 7.05 Å². The first kappa shape index (κ1) is 21.8. The summed E-state index contributed by atoms with van der Waals surface area (Å²) < 4.78 is 9.86. The Labute approximate surface area is 199 Å². The molecule has 4 aromatic rings. The van der Waals surface area contributed by atoms with Gasteiger partial charge in [0.25, 0.3) is 5.56 Å². The molecule has 0 aliphatic carbocycles. The highest BCUT2D eigenvalue weighted by atomic mass is 35.5. The third-order valence-corrected chi connectivity index (χ3v) is 7.10. The van der Waals surface area contributed by atoms with E-state index in [9.17, 15) is 4.79 Å². The van der Waals surface area contributed by atoms with E-state index in [0.29, 0.717) is 18.4 Å². The number of aryl methyl sites for hydroxylation is 1. The van der Waals surface area contributed by atoms with Crippen molar-refractivity contribution in [3.63, 3.8) is 0 Å². The number of pyridine rings is 1. The molecule has 1 atom stereocenters. The van der Waals surface area contributed by atoms with Gasteiger partial charge in [-0.2, -0.15) is 0 Å². The van der Waals surface area contributed by atoms with Gasteiger partial charge in [0.15, 0.2) is 0 Å². The van der Waals surface area contributed by atoms with Crippen molar-refractivity contribution in [3.05, 3.63) is 94.0 Å². The molecule has 0 amide bonds. The van der Waals surface area contributed by atoms with Gasteiger partial charge in [-0.1, -0.05) is 36.4 Å². The average molecular weight is 462 g/mol. The first-order valence-corrected chi connectivity index (χ1v) is 11.4. The van der Waals surface area contributed by atoms with Crippen LogP contribution in [0.2, 0.25) is 0 Å². The number of nitrogens with zero attached hydrogens (tertiary/aromatic N) is 3. The highest BCUT2D eigenvalue weighted by Crippen LogP contribution is 2.42. The minimum absolute atomic E-state index is 0. The predicted molar refractivity (Wildman–Crippen MR) is 134 cm³/mol. The Hall–Kier alpha value is -3.02. The average Bonchev–Trinajstić information content (AvgIpc) is 3.41. The SMILES string of the molecule is Cl.Cn1c2c(c3ccc(-n4ccc(OCc5ccccc5)cc4=O)cc31)C1CCCN1CC2. The fourth-order valence-corrected chi connectivity index (χ4v) is 5.51. The van der Waals surface area contributed by atoms with E-state index in [1.54, 1.807) is 10.6 Å². The van der Waals surface area contributed by atoms with E-state index in [1.165, 1.54) is 41.5 Å². The van der Waals surface area contributed by atoms with Gasteiger partial charge in [0.2, 0.25) is 0 Å². The highest BCUT2D eigenvalue weighted by Gasteiger charge is 2.34. The van der Waals surface area contributed by atoms with Crippen molar-refractivity contribution in [1.82, 2.24) is 14.0 Å². The monoisotopic (exact) mass is 461 g/mol. The molecule has 0 spiro atoms. The lowest BCUT2D eigenvalue weighted by Crippen LogP contribution is -2.31. The number of benzene rings is 2. The van der Waals surface area contributed by atoms with Crippen LogP contribution in [-0.2, 0) is 20.1 Å². The quantitative estimate of drug-likeness (QED) is 0.428. The molecule has 5 nitrogen and oxygen atoms in total. The Kier molecular flexibility index (Phi) is 5.77. The highest BCUT2D eigenvalue weighted by molar-refractivity contribution is 5.88. The van der Waals surface area contributed by atoms with Crippen LogP contribution < -0.4 is 10.3 Å². The molecule has 2 aromatic heterocycles. The second-order valence-corrected chi connectivity index (χ2v) is 8.91. The zero-order chi connectivity index (χ0) is 21.7. The first-order chi connectivity index (χ1) is 15.7. The van der Waals surface area contributed by atoms with Crippen LogP contribution in [0.15, 0.2) is 71.7 Å². The predicted octanol–water partition coefficient (Wildman–Crippen LogP) is 5.02. The third-order valence-electron chi connectivity index (χ3n) is 7.10. The summed E-state index contributed by atoms with van der Waals surface area (Å²) in [5.74, 6) is 0.590. The summed E-state index contributed by atoms with van der Waals surface area (Å²) in [7, 11) is 2.17. The zero-order valence-corrected chi connectivity index (χ0v) is 19.6. The number of halogens is 1. The minimum atomic E-state index is -0.0872. The molecule has 4 heterocycles. The van der Waals surface area contributed by atoms with E-state index in [-0.39, 0.29) is 18.0 Å². The molecule has 170 valence electrons. The molecule has 6 heteroatoms. The maximum atomic E-state index is 12.9. The molecule has 1 saturated heterocycles. The van der Waals surface area contributed by atoms with Gasteiger partial charge in [-0.25, -0.2) is 0 Å².